The summed E-state index contributed by atoms with van der Waals surface area (Å²) in [5, 5.41) is 6.06. The number of benzene rings is 6. The first-order valence-corrected chi connectivity index (χ1v) is 25.5. The molecular weight excluding hydrogens is 699 g/mol. The van der Waals surface area contributed by atoms with Gasteiger partial charge in [0.25, 0.3) is 0 Å². The Morgan fingerprint density at radius 3 is 1.53 bits per heavy atom. The Hall–Kier alpha value is -5.76. The number of rotatable bonds is 5. The molecule has 0 radical (unpaired) electrons. The fraction of sp³-hybridized carbons (Fsp3) is 0.140. The molecule has 1 aromatic heterocycles. The quantitative estimate of drug-likeness (QED) is 0.165. The van der Waals surface area contributed by atoms with Crippen molar-refractivity contribution in [2.75, 3.05) is 0 Å². The van der Waals surface area contributed by atoms with Gasteiger partial charge >= 0.3 is 0 Å². The van der Waals surface area contributed by atoms with Gasteiger partial charge < -0.3 is 0 Å². The Bertz CT molecular complexity index is 2730. The van der Waals surface area contributed by atoms with E-state index in [1.165, 1.54) is 37.8 Å². The van der Waals surface area contributed by atoms with Crippen molar-refractivity contribution in [1.82, 2.24) is 15.0 Å². The van der Waals surface area contributed by atoms with Crippen LogP contribution in [0.2, 0.25) is 26.2 Å². The summed E-state index contributed by atoms with van der Waals surface area (Å²) in [4.78, 5) is 16.3. The summed E-state index contributed by atoms with van der Waals surface area (Å²) < 4.78 is 0. The van der Waals surface area contributed by atoms with Gasteiger partial charge in [0.05, 0.1) is 0 Å². The van der Waals surface area contributed by atoms with Crippen molar-refractivity contribution in [1.29, 1.82) is 0 Å². The van der Waals surface area contributed by atoms with Crippen LogP contribution in [-0.2, 0) is 0 Å². The molecule has 1 aliphatic carbocycles. The van der Waals surface area contributed by atoms with E-state index >= 15 is 0 Å². The molecular formula is C50H43N3Si2. The van der Waals surface area contributed by atoms with Crippen molar-refractivity contribution in [3.05, 3.63) is 162 Å². The zero-order valence-electron chi connectivity index (χ0n) is 32.1. The van der Waals surface area contributed by atoms with Crippen LogP contribution in [0, 0.1) is 5.92 Å². The van der Waals surface area contributed by atoms with Gasteiger partial charge in [-0.2, -0.15) is 0 Å². The second-order valence-corrected chi connectivity index (χ2v) is 25.1. The molecule has 0 bridgehead atoms. The van der Waals surface area contributed by atoms with Crippen molar-refractivity contribution in [3.8, 4) is 67.5 Å². The molecule has 2 aliphatic heterocycles. The highest BCUT2D eigenvalue weighted by Crippen LogP contribution is 2.46. The molecule has 0 spiro atoms. The zero-order chi connectivity index (χ0) is 37.5. The predicted octanol–water partition coefficient (Wildman–Crippen LogP) is 10.8. The molecule has 5 heteroatoms. The number of nitrogens with zero attached hydrogens (tertiary/aromatic N) is 3. The molecule has 1 unspecified atom stereocenters. The number of allylic oxidation sites excluding steroid dienone is 4. The Morgan fingerprint density at radius 1 is 0.436 bits per heavy atom. The van der Waals surface area contributed by atoms with Crippen molar-refractivity contribution >= 4 is 37.3 Å². The number of fused-ring (bicyclic) bond motifs is 5. The van der Waals surface area contributed by atoms with E-state index in [9.17, 15) is 0 Å². The SMILES string of the molecule is CC1CC=CC2=C1[Si](C)(C)c1cc(-c3nc(-c4ccccc4)nc(-c4cc5c(cc4-c4ccccc4)-c4ccccc4[Si]5(C)C)n3)c(-c3ccccc3)cc12. The molecule has 0 N–H and O–H groups in total. The molecule has 3 nitrogen and oxygen atoms in total. The minimum atomic E-state index is -2.00. The molecule has 0 saturated heterocycles. The molecule has 10 rings (SSSR count). The Labute approximate surface area is 326 Å². The van der Waals surface area contributed by atoms with Crippen LogP contribution in [0.15, 0.2) is 157 Å². The highest BCUT2D eigenvalue weighted by molar-refractivity contribution is 7.04. The average molecular weight is 742 g/mol. The lowest BCUT2D eigenvalue weighted by Gasteiger charge is -2.28. The topological polar surface area (TPSA) is 38.7 Å². The molecule has 1 atom stereocenters. The van der Waals surface area contributed by atoms with Crippen LogP contribution in [0.25, 0.3) is 73.1 Å². The van der Waals surface area contributed by atoms with E-state index in [2.05, 4.69) is 185 Å². The van der Waals surface area contributed by atoms with Gasteiger partial charge in [0, 0.05) is 16.7 Å². The summed E-state index contributed by atoms with van der Waals surface area (Å²) in [7, 11) is -3.98. The largest absolute Gasteiger partial charge is 0.208 e. The molecule has 0 fully saturated rings. The highest BCUT2D eigenvalue weighted by Gasteiger charge is 2.43. The van der Waals surface area contributed by atoms with E-state index < -0.39 is 16.1 Å². The van der Waals surface area contributed by atoms with Crippen molar-refractivity contribution in [2.24, 2.45) is 5.92 Å². The first-order chi connectivity index (χ1) is 26.7. The summed E-state index contributed by atoms with van der Waals surface area (Å²) in [6.07, 6.45) is 5.86. The van der Waals surface area contributed by atoms with E-state index in [-0.39, 0.29) is 0 Å². The van der Waals surface area contributed by atoms with Gasteiger partial charge in [-0.3, -0.25) is 0 Å². The molecule has 3 aliphatic rings. The first kappa shape index (κ1) is 33.8. The summed E-state index contributed by atoms with van der Waals surface area (Å²) in [6, 6.07) is 50.7. The number of hydrogen-bond acceptors (Lipinski definition) is 3. The maximum absolute atomic E-state index is 5.55. The smallest absolute Gasteiger partial charge is 0.164 e. The summed E-state index contributed by atoms with van der Waals surface area (Å²) in [5.41, 5.74) is 13.2. The summed E-state index contributed by atoms with van der Waals surface area (Å²) >= 11 is 0. The van der Waals surface area contributed by atoms with E-state index in [1.54, 1.807) is 5.20 Å². The van der Waals surface area contributed by atoms with Crippen LogP contribution in [0.5, 0.6) is 0 Å². The highest BCUT2D eigenvalue weighted by atomic mass is 28.3. The molecule has 6 aromatic carbocycles. The Morgan fingerprint density at radius 2 is 0.927 bits per heavy atom. The third kappa shape index (κ3) is 5.32. The fourth-order valence-electron chi connectivity index (χ4n) is 9.70. The van der Waals surface area contributed by atoms with E-state index in [0.717, 1.165) is 45.4 Å². The van der Waals surface area contributed by atoms with Crippen LogP contribution in [-0.4, -0.2) is 31.1 Å². The summed E-state index contributed by atoms with van der Waals surface area (Å²) in [6.45, 7) is 12.4. The lowest BCUT2D eigenvalue weighted by molar-refractivity contribution is 0.720. The van der Waals surface area contributed by atoms with Crippen LogP contribution in [0.3, 0.4) is 0 Å². The van der Waals surface area contributed by atoms with Gasteiger partial charge in [0.1, 0.15) is 16.1 Å². The van der Waals surface area contributed by atoms with Gasteiger partial charge in [0.2, 0.25) is 0 Å². The van der Waals surface area contributed by atoms with E-state index in [0.29, 0.717) is 23.4 Å². The van der Waals surface area contributed by atoms with Crippen LogP contribution < -0.4 is 15.6 Å². The van der Waals surface area contributed by atoms with Crippen LogP contribution in [0.4, 0.5) is 0 Å². The second-order valence-electron chi connectivity index (χ2n) is 16.5. The molecule has 0 amide bonds. The average Bonchev–Trinajstić information content (AvgIpc) is 3.60. The normalized spacial score (nSPS) is 17.1. The predicted molar refractivity (Wildman–Crippen MR) is 236 cm³/mol. The molecule has 0 saturated carbocycles. The third-order valence-electron chi connectivity index (χ3n) is 12.4. The fourth-order valence-corrected chi connectivity index (χ4v) is 16.7. The minimum Gasteiger partial charge on any atom is -0.208 e. The first-order valence-electron chi connectivity index (χ1n) is 19.5. The third-order valence-corrected chi connectivity index (χ3v) is 19.8. The number of aromatic nitrogens is 3. The van der Waals surface area contributed by atoms with Crippen molar-refractivity contribution in [2.45, 2.75) is 39.5 Å². The Kier molecular flexibility index (Phi) is 7.77. The standard InChI is InChI=1S/C50H43N3Si2/c1-32-18-17-26-37-41-29-39(34-21-11-7-12-22-34)43(31-46(41)55(4,5)47(32)37)50-52-48(35-23-13-8-14-24-35)51-49(53-50)42-30-45-40(28-38(42)33-19-9-6-10-20-33)36-25-15-16-27-44(36)54(45,2)3/h6-17,19-32H,18H2,1-5H3. The lowest BCUT2D eigenvalue weighted by atomic mass is 9.90. The molecule has 55 heavy (non-hydrogen) atoms. The monoisotopic (exact) mass is 741 g/mol. The van der Waals surface area contributed by atoms with Gasteiger partial charge in [-0.1, -0.05) is 178 Å². The molecule has 7 aromatic rings. The van der Waals surface area contributed by atoms with E-state index in [4.69, 9.17) is 15.0 Å². The van der Waals surface area contributed by atoms with Gasteiger partial charge in [-0.15, -0.1) is 0 Å². The molecule has 3 heterocycles. The van der Waals surface area contributed by atoms with Gasteiger partial charge in [-0.05, 0) is 84.5 Å². The van der Waals surface area contributed by atoms with Crippen LogP contribution in [0.1, 0.15) is 18.9 Å². The maximum atomic E-state index is 5.55. The van der Waals surface area contributed by atoms with Gasteiger partial charge in [0.15, 0.2) is 17.5 Å². The Balaban J connectivity index is 1.27. The van der Waals surface area contributed by atoms with Gasteiger partial charge in [-0.25, -0.2) is 15.0 Å². The minimum absolute atomic E-state index is 0.543. The molecule has 266 valence electrons. The number of hydrogen-bond donors (Lipinski definition) is 0. The zero-order valence-corrected chi connectivity index (χ0v) is 34.1. The van der Waals surface area contributed by atoms with Crippen molar-refractivity contribution < 1.29 is 0 Å². The van der Waals surface area contributed by atoms with E-state index in [1.807, 2.05) is 0 Å². The van der Waals surface area contributed by atoms with Crippen LogP contribution >= 0.6 is 0 Å². The second kappa shape index (κ2) is 12.7. The maximum Gasteiger partial charge on any atom is 0.164 e. The summed E-state index contributed by atoms with van der Waals surface area (Å²) in [5.74, 6) is 2.64. The van der Waals surface area contributed by atoms with Crippen molar-refractivity contribution in [3.63, 3.8) is 0 Å². The lowest BCUT2D eigenvalue weighted by Crippen LogP contribution is -2.49.